The van der Waals surface area contributed by atoms with Gasteiger partial charge in [-0.3, -0.25) is 0 Å². The monoisotopic (exact) mass is 259 g/mol. The Morgan fingerprint density at radius 1 is 1.29 bits per heavy atom. The zero-order valence-electron chi connectivity index (χ0n) is 9.23. The highest BCUT2D eigenvalue weighted by Crippen LogP contribution is 2.22. The standard InChI is InChI=1S/C8H10BrN.C2H6.CH2O/c1-6-3-4-8(10-2)7(9)5-6;2*1-2/h3-5,10H,1-2H3;1-2H3;1H2. The summed E-state index contributed by atoms with van der Waals surface area (Å²) in [6.07, 6.45) is 0. The number of rotatable bonds is 1. The number of nitrogens with one attached hydrogen (secondary N) is 1. The third-order valence-corrected chi connectivity index (χ3v) is 2.05. The molecule has 1 N–H and O–H groups in total. The molecule has 1 aromatic rings. The molecule has 0 fully saturated rings. The molecule has 0 aliphatic rings. The smallest absolute Gasteiger partial charge is 0.106 e. The molecule has 3 heteroatoms. The predicted octanol–water partition coefficient (Wildman–Crippen LogP) is 3.64. The number of hydrogen-bond donors (Lipinski definition) is 1. The minimum atomic E-state index is 1.12. The van der Waals surface area contributed by atoms with E-state index in [1.54, 1.807) is 0 Å². The molecule has 0 heterocycles. The van der Waals surface area contributed by atoms with Crippen LogP contribution in [0.3, 0.4) is 0 Å². The number of carbonyl (C=O) groups is 1. The van der Waals surface area contributed by atoms with Gasteiger partial charge in [-0.1, -0.05) is 19.9 Å². The van der Waals surface area contributed by atoms with Crippen LogP contribution in [-0.4, -0.2) is 13.8 Å². The number of anilines is 1. The maximum absolute atomic E-state index is 8.00. The highest BCUT2D eigenvalue weighted by molar-refractivity contribution is 9.10. The van der Waals surface area contributed by atoms with Gasteiger partial charge in [-0.25, -0.2) is 0 Å². The fraction of sp³-hybridized carbons (Fsp3) is 0.364. The Kier molecular flexibility index (Phi) is 11.4. The lowest BCUT2D eigenvalue weighted by atomic mass is 10.2. The molecule has 0 atom stereocenters. The maximum atomic E-state index is 8.00. The van der Waals surface area contributed by atoms with Crippen LogP contribution in [0, 0.1) is 6.92 Å². The highest BCUT2D eigenvalue weighted by Gasteiger charge is 1.94. The van der Waals surface area contributed by atoms with Crippen LogP contribution in [0.15, 0.2) is 22.7 Å². The lowest BCUT2D eigenvalue weighted by molar-refractivity contribution is -0.0979. The summed E-state index contributed by atoms with van der Waals surface area (Å²) < 4.78 is 1.12. The second-order valence-corrected chi connectivity index (χ2v) is 3.09. The van der Waals surface area contributed by atoms with Crippen molar-refractivity contribution in [3.05, 3.63) is 28.2 Å². The van der Waals surface area contributed by atoms with Crippen LogP contribution in [0.4, 0.5) is 5.69 Å². The van der Waals surface area contributed by atoms with Gasteiger partial charge in [-0.2, -0.15) is 0 Å². The van der Waals surface area contributed by atoms with Crippen molar-refractivity contribution in [1.29, 1.82) is 0 Å². The second kappa shape index (κ2) is 10.3. The van der Waals surface area contributed by atoms with Crippen molar-refractivity contribution in [1.82, 2.24) is 0 Å². The van der Waals surface area contributed by atoms with E-state index < -0.39 is 0 Å². The van der Waals surface area contributed by atoms with Crippen LogP contribution < -0.4 is 5.32 Å². The van der Waals surface area contributed by atoms with Gasteiger partial charge in [0.25, 0.3) is 0 Å². The number of hydrogen-bond acceptors (Lipinski definition) is 2. The Morgan fingerprint density at radius 2 is 1.79 bits per heavy atom. The normalized spacial score (nSPS) is 7.50. The summed E-state index contributed by atoms with van der Waals surface area (Å²) in [7, 11) is 1.91. The quantitative estimate of drug-likeness (QED) is 0.835. The summed E-state index contributed by atoms with van der Waals surface area (Å²) in [5.41, 5.74) is 2.40. The third-order valence-electron chi connectivity index (χ3n) is 1.39. The summed E-state index contributed by atoms with van der Waals surface area (Å²) in [6, 6.07) is 6.22. The Hall–Kier alpha value is -0.830. The van der Waals surface area contributed by atoms with E-state index in [4.69, 9.17) is 4.79 Å². The first-order chi connectivity index (χ1) is 6.74. The molecule has 0 bridgehead atoms. The molecule has 0 aromatic heterocycles. The Bertz CT molecular complexity index is 251. The van der Waals surface area contributed by atoms with Crippen LogP contribution in [0.25, 0.3) is 0 Å². The molecular formula is C11H18BrNO. The first-order valence-corrected chi connectivity index (χ1v) is 5.26. The van der Waals surface area contributed by atoms with Gasteiger partial charge in [-0.05, 0) is 40.5 Å². The van der Waals surface area contributed by atoms with Gasteiger partial charge in [0.1, 0.15) is 6.79 Å². The van der Waals surface area contributed by atoms with Crippen molar-refractivity contribution in [3.8, 4) is 0 Å². The predicted molar refractivity (Wildman–Crippen MR) is 66.9 cm³/mol. The van der Waals surface area contributed by atoms with E-state index in [0.29, 0.717) is 0 Å². The molecule has 1 rings (SSSR count). The van der Waals surface area contributed by atoms with Gasteiger partial charge >= 0.3 is 0 Å². The first-order valence-electron chi connectivity index (χ1n) is 4.47. The molecule has 0 saturated carbocycles. The minimum absolute atomic E-state index is 1.12. The van der Waals surface area contributed by atoms with Crippen molar-refractivity contribution in [3.63, 3.8) is 0 Å². The van der Waals surface area contributed by atoms with Crippen molar-refractivity contribution in [2.45, 2.75) is 20.8 Å². The number of halogens is 1. The largest absolute Gasteiger partial charge is 0.387 e. The molecular weight excluding hydrogens is 242 g/mol. The van der Waals surface area contributed by atoms with Crippen LogP contribution in [0.5, 0.6) is 0 Å². The van der Waals surface area contributed by atoms with Crippen LogP contribution >= 0.6 is 15.9 Å². The lowest BCUT2D eigenvalue weighted by Crippen LogP contribution is -1.88. The van der Waals surface area contributed by atoms with Gasteiger partial charge in [-0.15, -0.1) is 0 Å². The molecule has 0 unspecified atom stereocenters. The van der Waals surface area contributed by atoms with Crippen molar-refractivity contribution < 1.29 is 4.79 Å². The molecule has 0 aliphatic carbocycles. The van der Waals surface area contributed by atoms with E-state index in [0.717, 1.165) is 10.2 Å². The van der Waals surface area contributed by atoms with Gasteiger partial charge in [0, 0.05) is 17.2 Å². The summed E-state index contributed by atoms with van der Waals surface area (Å²) >= 11 is 3.44. The van der Waals surface area contributed by atoms with E-state index in [2.05, 4.69) is 46.4 Å². The molecule has 0 spiro atoms. The Labute approximate surface area is 94.8 Å². The summed E-state index contributed by atoms with van der Waals surface area (Å²) in [4.78, 5) is 8.00. The van der Waals surface area contributed by atoms with Gasteiger partial charge in [0.05, 0.1) is 0 Å². The summed E-state index contributed by atoms with van der Waals surface area (Å²) in [5, 5.41) is 3.08. The molecule has 2 nitrogen and oxygen atoms in total. The van der Waals surface area contributed by atoms with E-state index in [1.165, 1.54) is 5.56 Å². The fourth-order valence-electron chi connectivity index (χ4n) is 0.823. The van der Waals surface area contributed by atoms with Crippen molar-refractivity contribution in [2.75, 3.05) is 12.4 Å². The third kappa shape index (κ3) is 5.75. The molecule has 0 radical (unpaired) electrons. The van der Waals surface area contributed by atoms with E-state index in [-0.39, 0.29) is 0 Å². The average molecular weight is 260 g/mol. The number of aryl methyl sites for hydroxylation is 1. The summed E-state index contributed by atoms with van der Waals surface area (Å²) in [6.45, 7) is 8.07. The number of carbonyl (C=O) groups excluding carboxylic acids is 1. The van der Waals surface area contributed by atoms with Crippen LogP contribution in [-0.2, 0) is 4.79 Å². The maximum Gasteiger partial charge on any atom is 0.106 e. The number of benzene rings is 1. The fourth-order valence-corrected chi connectivity index (χ4v) is 1.51. The topological polar surface area (TPSA) is 29.1 Å². The molecule has 14 heavy (non-hydrogen) atoms. The van der Waals surface area contributed by atoms with Gasteiger partial charge < -0.3 is 10.1 Å². The minimum Gasteiger partial charge on any atom is -0.387 e. The van der Waals surface area contributed by atoms with E-state index in [1.807, 2.05) is 27.7 Å². The zero-order chi connectivity index (χ0) is 11.6. The highest BCUT2D eigenvalue weighted by atomic mass is 79.9. The molecule has 80 valence electrons. The van der Waals surface area contributed by atoms with Crippen molar-refractivity contribution >= 4 is 28.4 Å². The summed E-state index contributed by atoms with van der Waals surface area (Å²) in [5.74, 6) is 0. The molecule has 0 amide bonds. The average Bonchev–Trinajstić information content (AvgIpc) is 2.24. The van der Waals surface area contributed by atoms with Gasteiger partial charge in [0.2, 0.25) is 0 Å². The van der Waals surface area contributed by atoms with E-state index in [9.17, 15) is 0 Å². The van der Waals surface area contributed by atoms with Crippen LogP contribution in [0.1, 0.15) is 19.4 Å². The van der Waals surface area contributed by atoms with E-state index >= 15 is 0 Å². The molecule has 0 aliphatic heterocycles. The zero-order valence-corrected chi connectivity index (χ0v) is 10.8. The molecule has 1 aromatic carbocycles. The SMILES string of the molecule is C=O.CC.CNc1ccc(C)cc1Br. The molecule has 0 saturated heterocycles. The van der Waals surface area contributed by atoms with Crippen LogP contribution in [0.2, 0.25) is 0 Å². The first kappa shape index (κ1) is 15.6. The second-order valence-electron chi connectivity index (χ2n) is 2.23. The van der Waals surface area contributed by atoms with Gasteiger partial charge in [0.15, 0.2) is 0 Å². The Balaban J connectivity index is 0. The lowest BCUT2D eigenvalue weighted by Gasteiger charge is -2.02. The van der Waals surface area contributed by atoms with Crippen molar-refractivity contribution in [2.24, 2.45) is 0 Å². The Morgan fingerprint density at radius 3 is 2.14 bits per heavy atom.